The molecule has 0 saturated carbocycles. The fraction of sp³-hybridized carbons (Fsp3) is 0.214. The molecule has 3 aromatic rings. The minimum atomic E-state index is -0.329. The van der Waals surface area contributed by atoms with Crippen LogP contribution in [-0.2, 0) is 6.54 Å². The zero-order chi connectivity index (χ0) is 14.8. The van der Waals surface area contributed by atoms with E-state index in [1.807, 2.05) is 6.92 Å². The highest BCUT2D eigenvalue weighted by Crippen LogP contribution is 2.20. The van der Waals surface area contributed by atoms with Gasteiger partial charge in [-0.25, -0.2) is 14.1 Å². The number of nitrogens with zero attached hydrogens (tertiary/aromatic N) is 4. The lowest BCUT2D eigenvalue weighted by atomic mass is 10.2. The molecule has 0 aliphatic rings. The number of hydrogen-bond donors (Lipinski definition) is 0. The number of aromatic nitrogens is 4. The molecular weight excluding hydrogens is 295 g/mol. The topological polar surface area (TPSA) is 56.7 Å². The Labute approximate surface area is 125 Å². The minimum Gasteiger partial charge on any atom is -0.444 e. The van der Waals surface area contributed by atoms with Crippen LogP contribution in [0.3, 0.4) is 0 Å². The first-order valence-electron chi connectivity index (χ1n) is 6.36. The van der Waals surface area contributed by atoms with E-state index in [4.69, 9.17) is 16.0 Å². The molecule has 2 aromatic heterocycles. The highest BCUT2D eigenvalue weighted by Gasteiger charge is 2.10. The molecule has 3 rings (SSSR count). The van der Waals surface area contributed by atoms with Gasteiger partial charge in [-0.3, -0.25) is 0 Å². The summed E-state index contributed by atoms with van der Waals surface area (Å²) in [5.41, 5.74) is 1.97. The molecule has 2 heterocycles. The maximum Gasteiger partial charge on any atom is 0.226 e. The van der Waals surface area contributed by atoms with Crippen molar-refractivity contribution in [3.05, 3.63) is 53.9 Å². The van der Waals surface area contributed by atoms with E-state index in [9.17, 15) is 4.39 Å². The van der Waals surface area contributed by atoms with Gasteiger partial charge in [0.25, 0.3) is 0 Å². The lowest BCUT2D eigenvalue weighted by molar-refractivity contribution is 0.566. The molecule has 0 bridgehead atoms. The quantitative estimate of drug-likeness (QED) is 0.693. The van der Waals surface area contributed by atoms with Gasteiger partial charge < -0.3 is 4.42 Å². The fourth-order valence-corrected chi connectivity index (χ4v) is 1.97. The van der Waals surface area contributed by atoms with E-state index in [1.54, 1.807) is 23.0 Å². The molecule has 0 aliphatic carbocycles. The first-order chi connectivity index (χ1) is 10.1. The average Bonchev–Trinajstić information content (AvgIpc) is 3.08. The lowest BCUT2D eigenvalue weighted by Crippen LogP contribution is -2.00. The average molecular weight is 307 g/mol. The summed E-state index contributed by atoms with van der Waals surface area (Å²) in [6, 6.07) is 6.09. The molecule has 7 heteroatoms. The van der Waals surface area contributed by atoms with Gasteiger partial charge in [-0.1, -0.05) is 11.3 Å². The van der Waals surface area contributed by atoms with Gasteiger partial charge in [0.15, 0.2) is 0 Å². The molecule has 1 aromatic carbocycles. The molecule has 0 amide bonds. The fourth-order valence-electron chi connectivity index (χ4n) is 1.87. The molecular formula is C14H12ClFN4O. The second-order valence-electron chi connectivity index (χ2n) is 4.61. The number of benzene rings is 1. The summed E-state index contributed by atoms with van der Waals surface area (Å²) in [7, 11) is 0. The Morgan fingerprint density at radius 1 is 1.43 bits per heavy atom. The monoisotopic (exact) mass is 306 g/mol. The maximum atomic E-state index is 13.2. The van der Waals surface area contributed by atoms with Gasteiger partial charge in [0.2, 0.25) is 5.89 Å². The van der Waals surface area contributed by atoms with Crippen molar-refractivity contribution in [2.45, 2.75) is 18.8 Å². The number of rotatable bonds is 4. The highest BCUT2D eigenvalue weighted by atomic mass is 35.5. The van der Waals surface area contributed by atoms with Crippen LogP contribution in [-0.4, -0.2) is 20.0 Å². The van der Waals surface area contributed by atoms with E-state index in [0.29, 0.717) is 29.4 Å². The van der Waals surface area contributed by atoms with Crippen molar-refractivity contribution in [2.75, 3.05) is 0 Å². The molecule has 0 saturated heterocycles. The van der Waals surface area contributed by atoms with Gasteiger partial charge in [-0.05, 0) is 25.1 Å². The second-order valence-corrected chi connectivity index (χ2v) is 5.27. The predicted octanol–water partition coefficient (Wildman–Crippen LogP) is 3.42. The van der Waals surface area contributed by atoms with E-state index in [-0.39, 0.29) is 11.2 Å². The number of hydrogen-bond acceptors (Lipinski definition) is 4. The van der Waals surface area contributed by atoms with E-state index in [2.05, 4.69) is 15.3 Å². The number of alkyl halides is 1. The molecule has 1 unspecified atom stereocenters. The van der Waals surface area contributed by atoms with Crippen molar-refractivity contribution >= 4 is 11.6 Å². The lowest BCUT2D eigenvalue weighted by Gasteiger charge is -1.96. The summed E-state index contributed by atoms with van der Waals surface area (Å²) >= 11 is 5.93. The molecule has 0 N–H and O–H groups in total. The molecule has 108 valence electrons. The van der Waals surface area contributed by atoms with Crippen LogP contribution in [0.25, 0.3) is 11.5 Å². The van der Waals surface area contributed by atoms with Crippen LogP contribution in [0.2, 0.25) is 0 Å². The van der Waals surface area contributed by atoms with Crippen molar-refractivity contribution < 1.29 is 8.81 Å². The second kappa shape index (κ2) is 5.65. The van der Waals surface area contributed by atoms with Gasteiger partial charge in [0, 0.05) is 5.56 Å². The van der Waals surface area contributed by atoms with Crippen molar-refractivity contribution in [2.24, 2.45) is 0 Å². The summed E-state index contributed by atoms with van der Waals surface area (Å²) in [6.45, 7) is 2.24. The summed E-state index contributed by atoms with van der Waals surface area (Å²) in [5.74, 6) is 0.0415. The normalized spacial score (nSPS) is 12.5. The maximum absolute atomic E-state index is 13.2. The Morgan fingerprint density at radius 3 is 3.00 bits per heavy atom. The molecule has 0 fully saturated rings. The Kier molecular flexibility index (Phi) is 3.70. The summed E-state index contributed by atoms with van der Waals surface area (Å²) < 4.78 is 20.2. The Bertz CT molecular complexity index is 753. The Hall–Kier alpha value is -2.21. The van der Waals surface area contributed by atoms with Crippen molar-refractivity contribution in [3.63, 3.8) is 0 Å². The van der Waals surface area contributed by atoms with E-state index >= 15 is 0 Å². The Balaban J connectivity index is 1.78. The zero-order valence-electron chi connectivity index (χ0n) is 11.2. The molecule has 5 nitrogen and oxygen atoms in total. The van der Waals surface area contributed by atoms with Crippen LogP contribution in [0.15, 0.2) is 41.1 Å². The van der Waals surface area contributed by atoms with Crippen molar-refractivity contribution in [1.82, 2.24) is 20.0 Å². The van der Waals surface area contributed by atoms with Gasteiger partial charge in [-0.15, -0.1) is 16.7 Å². The number of oxazole rings is 1. The summed E-state index contributed by atoms with van der Waals surface area (Å²) in [6.07, 6.45) is 3.28. The zero-order valence-corrected chi connectivity index (χ0v) is 12.0. The van der Waals surface area contributed by atoms with Crippen LogP contribution in [0.4, 0.5) is 4.39 Å². The third kappa shape index (κ3) is 3.11. The van der Waals surface area contributed by atoms with E-state index < -0.39 is 0 Å². The third-order valence-corrected chi connectivity index (χ3v) is 3.13. The van der Waals surface area contributed by atoms with Crippen LogP contribution in [0.5, 0.6) is 0 Å². The molecule has 1 atom stereocenters. The van der Waals surface area contributed by atoms with E-state index in [1.165, 1.54) is 18.4 Å². The first-order valence-corrected chi connectivity index (χ1v) is 6.80. The first kappa shape index (κ1) is 13.8. The number of halogens is 2. The molecule has 0 aliphatic heterocycles. The van der Waals surface area contributed by atoms with Gasteiger partial charge >= 0.3 is 0 Å². The molecule has 0 spiro atoms. The van der Waals surface area contributed by atoms with Gasteiger partial charge in [-0.2, -0.15) is 0 Å². The van der Waals surface area contributed by atoms with Gasteiger partial charge in [0.05, 0.1) is 18.1 Å². The molecule has 21 heavy (non-hydrogen) atoms. The van der Waals surface area contributed by atoms with Gasteiger partial charge in [0.1, 0.15) is 23.5 Å². The van der Waals surface area contributed by atoms with Crippen LogP contribution < -0.4 is 0 Å². The van der Waals surface area contributed by atoms with Crippen LogP contribution in [0.1, 0.15) is 23.7 Å². The Morgan fingerprint density at radius 2 is 2.29 bits per heavy atom. The largest absolute Gasteiger partial charge is 0.444 e. The van der Waals surface area contributed by atoms with Crippen LogP contribution in [0, 0.1) is 5.82 Å². The van der Waals surface area contributed by atoms with E-state index in [0.717, 1.165) is 0 Å². The predicted molar refractivity (Wildman–Crippen MR) is 75.3 cm³/mol. The summed E-state index contributed by atoms with van der Waals surface area (Å²) in [4.78, 5) is 4.32. The standard InChI is InChI=1S/C14H12ClFN4O/c1-9(15)13-7-20(19-18-13)6-12-8-21-14(17-12)10-3-2-4-11(16)5-10/h2-5,7-9H,6H2,1H3. The smallest absolute Gasteiger partial charge is 0.226 e. The molecule has 0 radical (unpaired) electrons. The van der Waals surface area contributed by atoms with Crippen LogP contribution >= 0.6 is 11.6 Å². The third-order valence-electron chi connectivity index (χ3n) is 2.91. The summed E-state index contributed by atoms with van der Waals surface area (Å²) in [5, 5.41) is 7.74. The minimum absolute atomic E-state index is 0.195. The highest BCUT2D eigenvalue weighted by molar-refractivity contribution is 6.20. The van der Waals surface area contributed by atoms with Crippen molar-refractivity contribution in [1.29, 1.82) is 0 Å². The SMILES string of the molecule is CC(Cl)c1cn(Cc2coc(-c3cccc(F)c3)n2)nn1. The van der Waals surface area contributed by atoms with Crippen molar-refractivity contribution in [3.8, 4) is 11.5 Å².